The van der Waals surface area contributed by atoms with Crippen molar-refractivity contribution in [3.8, 4) is 0 Å². The monoisotopic (exact) mass is 321 g/mol. The number of benzene rings is 1. The Morgan fingerprint density at radius 3 is 2.53 bits per heavy atom. The summed E-state index contributed by atoms with van der Waals surface area (Å²) >= 11 is 3.54. The number of halogens is 1. The lowest BCUT2D eigenvalue weighted by Gasteiger charge is -2.40. The van der Waals surface area contributed by atoms with Gasteiger partial charge in [-0.25, -0.2) is 0 Å². The highest BCUT2D eigenvalue weighted by Gasteiger charge is 2.61. The summed E-state index contributed by atoms with van der Waals surface area (Å²) in [6.45, 7) is 9.63. The highest BCUT2D eigenvalue weighted by Crippen LogP contribution is 2.65. The summed E-state index contributed by atoms with van der Waals surface area (Å²) in [6.07, 6.45) is 4.12. The van der Waals surface area contributed by atoms with Crippen LogP contribution in [0.2, 0.25) is 0 Å². The van der Waals surface area contributed by atoms with Crippen LogP contribution in [0, 0.1) is 23.7 Å². The van der Waals surface area contributed by atoms with Gasteiger partial charge in [0.25, 0.3) is 0 Å². The molecule has 2 fully saturated rings. The molecule has 1 N–H and O–H groups in total. The van der Waals surface area contributed by atoms with Crippen LogP contribution in [0.3, 0.4) is 0 Å². The molecule has 0 aliphatic heterocycles. The zero-order valence-electron chi connectivity index (χ0n) is 12.4. The summed E-state index contributed by atoms with van der Waals surface area (Å²) in [5.41, 5.74) is 3.56. The fourth-order valence-electron chi connectivity index (χ4n) is 4.40. The molecule has 3 unspecified atom stereocenters. The van der Waals surface area contributed by atoms with Gasteiger partial charge in [0.1, 0.15) is 0 Å². The second-order valence-electron chi connectivity index (χ2n) is 7.27. The van der Waals surface area contributed by atoms with Crippen molar-refractivity contribution in [2.75, 3.05) is 5.32 Å². The molecule has 0 heterocycles. The van der Waals surface area contributed by atoms with Crippen LogP contribution < -0.4 is 5.32 Å². The van der Waals surface area contributed by atoms with Gasteiger partial charge in [-0.05, 0) is 66.7 Å². The first-order valence-corrected chi connectivity index (χ1v) is 8.16. The molecule has 0 aromatic heterocycles. The highest BCUT2D eigenvalue weighted by molar-refractivity contribution is 9.10. The molecule has 1 aromatic carbocycles. The van der Waals surface area contributed by atoms with E-state index in [1.807, 2.05) is 0 Å². The van der Waals surface area contributed by atoms with Crippen LogP contribution >= 0.6 is 15.9 Å². The average Bonchev–Trinajstić information content (AvgIpc) is 2.65. The molecule has 0 amide bonds. The van der Waals surface area contributed by atoms with Gasteiger partial charge in [0.05, 0.1) is 0 Å². The largest absolute Gasteiger partial charge is 0.382 e. The van der Waals surface area contributed by atoms with Gasteiger partial charge in [-0.1, -0.05) is 36.7 Å². The molecular formula is C17H24BrN. The van der Waals surface area contributed by atoms with E-state index >= 15 is 0 Å². The quantitative estimate of drug-likeness (QED) is 0.770. The van der Waals surface area contributed by atoms with Crippen molar-refractivity contribution in [1.82, 2.24) is 0 Å². The van der Waals surface area contributed by atoms with E-state index in [0.717, 1.165) is 10.4 Å². The zero-order valence-corrected chi connectivity index (χ0v) is 14.0. The van der Waals surface area contributed by atoms with Gasteiger partial charge >= 0.3 is 0 Å². The fraction of sp³-hybridized carbons (Fsp3) is 0.647. The molecule has 1 nitrogen and oxygen atoms in total. The van der Waals surface area contributed by atoms with E-state index in [9.17, 15) is 0 Å². The molecular weight excluding hydrogens is 298 g/mol. The SMILES string of the molecule is Cc1cc(Br)ccc1NC1CC2CCC1(C)C2(C)C. The van der Waals surface area contributed by atoms with E-state index in [1.54, 1.807) is 0 Å². The second kappa shape index (κ2) is 4.25. The molecule has 2 heteroatoms. The molecule has 0 spiro atoms. The Labute approximate surface area is 125 Å². The van der Waals surface area contributed by atoms with Crippen molar-refractivity contribution in [3.63, 3.8) is 0 Å². The number of hydrogen-bond acceptors (Lipinski definition) is 1. The molecule has 3 rings (SSSR count). The minimum Gasteiger partial charge on any atom is -0.382 e. The summed E-state index contributed by atoms with van der Waals surface area (Å²) in [5.74, 6) is 0.894. The normalized spacial score (nSPS) is 35.6. The predicted octanol–water partition coefficient (Wildman–Crippen LogP) is 5.38. The Bertz CT molecular complexity index is 508. The number of aryl methyl sites for hydroxylation is 1. The van der Waals surface area contributed by atoms with Gasteiger partial charge in [0, 0.05) is 16.2 Å². The van der Waals surface area contributed by atoms with Crippen molar-refractivity contribution in [2.45, 2.75) is 53.0 Å². The van der Waals surface area contributed by atoms with Crippen LogP contribution in [0.1, 0.15) is 45.6 Å². The zero-order chi connectivity index (χ0) is 13.8. The van der Waals surface area contributed by atoms with Crippen LogP contribution in [0.4, 0.5) is 5.69 Å². The van der Waals surface area contributed by atoms with Gasteiger partial charge in [0.15, 0.2) is 0 Å². The first kappa shape index (κ1) is 13.5. The van der Waals surface area contributed by atoms with E-state index in [2.05, 4.69) is 67.1 Å². The van der Waals surface area contributed by atoms with Crippen LogP contribution in [0.5, 0.6) is 0 Å². The Hall–Kier alpha value is -0.500. The minimum atomic E-state index is 0.442. The Kier molecular flexibility index (Phi) is 3.01. The molecule has 104 valence electrons. The lowest BCUT2D eigenvalue weighted by molar-refractivity contribution is 0.142. The summed E-state index contributed by atoms with van der Waals surface area (Å²) in [6, 6.07) is 7.17. The number of nitrogens with one attached hydrogen (secondary N) is 1. The highest BCUT2D eigenvalue weighted by atomic mass is 79.9. The van der Waals surface area contributed by atoms with Gasteiger partial charge in [-0.3, -0.25) is 0 Å². The van der Waals surface area contributed by atoms with E-state index in [4.69, 9.17) is 0 Å². The smallest absolute Gasteiger partial charge is 0.0373 e. The summed E-state index contributed by atoms with van der Waals surface area (Å²) < 4.78 is 1.16. The van der Waals surface area contributed by atoms with Gasteiger partial charge in [-0.15, -0.1) is 0 Å². The number of anilines is 1. The maximum Gasteiger partial charge on any atom is 0.0373 e. The van der Waals surface area contributed by atoms with E-state index < -0.39 is 0 Å². The fourth-order valence-corrected chi connectivity index (χ4v) is 4.87. The molecule has 0 radical (unpaired) electrons. The van der Waals surface area contributed by atoms with Gasteiger partial charge < -0.3 is 5.32 Å². The van der Waals surface area contributed by atoms with Crippen molar-refractivity contribution >= 4 is 21.6 Å². The molecule has 2 aliphatic carbocycles. The van der Waals surface area contributed by atoms with Crippen LogP contribution in [0.15, 0.2) is 22.7 Å². The molecule has 3 atom stereocenters. The summed E-state index contributed by atoms with van der Waals surface area (Å²) in [7, 11) is 0. The molecule has 19 heavy (non-hydrogen) atoms. The first-order valence-electron chi connectivity index (χ1n) is 7.37. The Morgan fingerprint density at radius 1 is 1.26 bits per heavy atom. The Balaban J connectivity index is 1.86. The summed E-state index contributed by atoms with van der Waals surface area (Å²) in [5, 5.41) is 3.84. The minimum absolute atomic E-state index is 0.442. The molecule has 2 bridgehead atoms. The third-order valence-electron chi connectivity index (χ3n) is 6.31. The van der Waals surface area contributed by atoms with E-state index in [-0.39, 0.29) is 0 Å². The molecule has 2 aliphatic rings. The van der Waals surface area contributed by atoms with Crippen LogP contribution in [-0.4, -0.2) is 6.04 Å². The third kappa shape index (κ3) is 1.86. The molecule has 1 aromatic rings. The third-order valence-corrected chi connectivity index (χ3v) is 6.81. The maximum absolute atomic E-state index is 3.84. The van der Waals surface area contributed by atoms with E-state index in [1.165, 1.54) is 30.5 Å². The maximum atomic E-state index is 3.84. The summed E-state index contributed by atoms with van der Waals surface area (Å²) in [4.78, 5) is 0. The van der Waals surface area contributed by atoms with Crippen molar-refractivity contribution in [2.24, 2.45) is 16.7 Å². The Morgan fingerprint density at radius 2 is 2.00 bits per heavy atom. The van der Waals surface area contributed by atoms with Gasteiger partial charge in [-0.2, -0.15) is 0 Å². The predicted molar refractivity (Wildman–Crippen MR) is 85.5 cm³/mol. The van der Waals surface area contributed by atoms with Crippen molar-refractivity contribution in [3.05, 3.63) is 28.2 Å². The average molecular weight is 322 g/mol. The topological polar surface area (TPSA) is 12.0 Å². The lowest BCUT2D eigenvalue weighted by atomic mass is 9.69. The second-order valence-corrected chi connectivity index (χ2v) is 8.18. The van der Waals surface area contributed by atoms with E-state index in [0.29, 0.717) is 16.9 Å². The van der Waals surface area contributed by atoms with Gasteiger partial charge in [0.2, 0.25) is 0 Å². The first-order chi connectivity index (χ1) is 8.84. The van der Waals surface area contributed by atoms with Crippen molar-refractivity contribution in [1.29, 1.82) is 0 Å². The van der Waals surface area contributed by atoms with Crippen LogP contribution in [-0.2, 0) is 0 Å². The number of hydrogen-bond donors (Lipinski definition) is 1. The van der Waals surface area contributed by atoms with Crippen molar-refractivity contribution < 1.29 is 0 Å². The molecule has 2 saturated carbocycles. The lowest BCUT2D eigenvalue weighted by Crippen LogP contribution is -2.40. The number of rotatable bonds is 2. The van der Waals surface area contributed by atoms with Crippen LogP contribution in [0.25, 0.3) is 0 Å². The molecule has 0 saturated heterocycles. The standard InChI is InChI=1S/C17H24BrN/c1-11-9-13(18)5-6-14(11)19-15-10-12-7-8-17(15,4)16(12,2)3/h5-6,9,12,15,19H,7-8,10H2,1-4H3. The number of fused-ring (bicyclic) bond motifs is 2.